The summed E-state index contributed by atoms with van der Waals surface area (Å²) in [6.07, 6.45) is 3.97. The van der Waals surface area contributed by atoms with Crippen molar-refractivity contribution in [1.29, 1.82) is 0 Å². The molecule has 1 aliphatic rings. The van der Waals surface area contributed by atoms with Gasteiger partial charge in [-0.3, -0.25) is 4.98 Å². The fourth-order valence-electron chi connectivity index (χ4n) is 3.94. The molecule has 3 aromatic rings. The molecule has 2 aromatic heterocycles. The molecule has 5 heteroatoms. The van der Waals surface area contributed by atoms with Crippen LogP contribution in [0.2, 0.25) is 0 Å². The van der Waals surface area contributed by atoms with Gasteiger partial charge in [-0.05, 0) is 67.0 Å². The molecular formula is C23H26N4S. The van der Waals surface area contributed by atoms with Crippen LogP contribution in [-0.4, -0.2) is 14.7 Å². The zero-order chi connectivity index (χ0) is 19.7. The molecule has 1 N–H and O–H groups in total. The van der Waals surface area contributed by atoms with Gasteiger partial charge < -0.3 is 14.8 Å². The van der Waals surface area contributed by atoms with Gasteiger partial charge in [0, 0.05) is 30.3 Å². The highest BCUT2D eigenvalue weighted by Crippen LogP contribution is 2.41. The summed E-state index contributed by atoms with van der Waals surface area (Å²) in [5, 5.41) is 4.27. The van der Waals surface area contributed by atoms with Crippen molar-refractivity contribution in [2.75, 3.05) is 4.90 Å². The van der Waals surface area contributed by atoms with Crippen molar-refractivity contribution in [3.8, 4) is 0 Å². The third-order valence-electron chi connectivity index (χ3n) is 5.44. The Morgan fingerprint density at radius 2 is 1.86 bits per heavy atom. The number of nitrogens with one attached hydrogen (secondary N) is 1. The Hall–Kier alpha value is -2.66. The molecule has 1 aliphatic heterocycles. The maximum Gasteiger partial charge on any atom is 0.174 e. The summed E-state index contributed by atoms with van der Waals surface area (Å²) >= 11 is 5.79. The molecule has 0 radical (unpaired) electrons. The van der Waals surface area contributed by atoms with E-state index < -0.39 is 0 Å². The lowest BCUT2D eigenvalue weighted by Crippen LogP contribution is -2.30. The Morgan fingerprint density at radius 3 is 2.50 bits per heavy atom. The van der Waals surface area contributed by atoms with E-state index in [2.05, 4.69) is 89.2 Å². The van der Waals surface area contributed by atoms with Crippen molar-refractivity contribution in [3.05, 3.63) is 83.9 Å². The molecule has 0 saturated carbocycles. The largest absolute Gasteiger partial charge is 0.351 e. The second-order valence-corrected chi connectivity index (χ2v) is 7.85. The van der Waals surface area contributed by atoms with Crippen molar-refractivity contribution < 1.29 is 0 Å². The average molecular weight is 391 g/mol. The van der Waals surface area contributed by atoms with Crippen molar-refractivity contribution in [2.45, 2.75) is 45.3 Å². The number of benzene rings is 1. The van der Waals surface area contributed by atoms with Crippen LogP contribution in [0.15, 0.2) is 67.0 Å². The van der Waals surface area contributed by atoms with Crippen molar-refractivity contribution in [2.24, 2.45) is 0 Å². The van der Waals surface area contributed by atoms with Crippen LogP contribution in [0.4, 0.5) is 5.69 Å². The fraction of sp³-hybridized carbons (Fsp3) is 0.304. The Kier molecular flexibility index (Phi) is 5.18. The lowest BCUT2D eigenvalue weighted by atomic mass is 9.99. The standard InChI is InChI=1S/C23H26N4S/c1-4-26-15-7-9-20(26)22-21(19-8-5-6-14-24-19)25-23(28)27(22)18-12-10-17(11-13-18)16(2)3/h5-16,21-22H,4H2,1-3H3,(H,25,28). The first-order valence-electron chi connectivity index (χ1n) is 9.85. The van der Waals surface area contributed by atoms with E-state index in [1.165, 1.54) is 11.3 Å². The van der Waals surface area contributed by atoms with Gasteiger partial charge in [0.05, 0.1) is 11.7 Å². The normalized spacial score (nSPS) is 19.3. The van der Waals surface area contributed by atoms with Gasteiger partial charge in [-0.2, -0.15) is 0 Å². The van der Waals surface area contributed by atoms with E-state index in [9.17, 15) is 0 Å². The minimum absolute atomic E-state index is 0.00123. The molecule has 1 fully saturated rings. The minimum Gasteiger partial charge on any atom is -0.351 e. The predicted octanol–water partition coefficient (Wildman–Crippen LogP) is 5.20. The minimum atomic E-state index is -0.00123. The molecule has 0 amide bonds. The smallest absolute Gasteiger partial charge is 0.174 e. The zero-order valence-electron chi connectivity index (χ0n) is 16.5. The maximum atomic E-state index is 5.79. The quantitative estimate of drug-likeness (QED) is 0.607. The summed E-state index contributed by atoms with van der Waals surface area (Å²) in [5.74, 6) is 0.507. The molecule has 4 rings (SSSR count). The highest BCUT2D eigenvalue weighted by Gasteiger charge is 2.41. The number of aryl methyl sites for hydroxylation is 1. The predicted molar refractivity (Wildman–Crippen MR) is 119 cm³/mol. The molecule has 2 unspecified atom stereocenters. The number of aromatic nitrogens is 2. The van der Waals surface area contributed by atoms with Crippen LogP contribution in [0.1, 0.15) is 55.7 Å². The number of anilines is 1. The lowest BCUT2D eigenvalue weighted by Gasteiger charge is -2.29. The average Bonchev–Trinajstić information content (AvgIpc) is 3.32. The second-order valence-electron chi connectivity index (χ2n) is 7.46. The summed E-state index contributed by atoms with van der Waals surface area (Å²) in [7, 11) is 0. The molecular weight excluding hydrogens is 364 g/mol. The van der Waals surface area contributed by atoms with Crippen LogP contribution in [-0.2, 0) is 6.54 Å². The first-order valence-corrected chi connectivity index (χ1v) is 10.3. The van der Waals surface area contributed by atoms with E-state index in [0.29, 0.717) is 5.92 Å². The Bertz CT molecular complexity index is 946. The van der Waals surface area contributed by atoms with E-state index in [0.717, 1.165) is 23.0 Å². The number of hydrogen-bond acceptors (Lipinski definition) is 2. The van der Waals surface area contributed by atoms with Crippen LogP contribution >= 0.6 is 12.2 Å². The van der Waals surface area contributed by atoms with E-state index >= 15 is 0 Å². The summed E-state index contributed by atoms with van der Waals surface area (Å²) in [6, 6.07) is 19.1. The van der Waals surface area contributed by atoms with Gasteiger partial charge in [-0.15, -0.1) is 0 Å². The molecule has 1 saturated heterocycles. The monoisotopic (exact) mass is 390 g/mol. The van der Waals surface area contributed by atoms with Gasteiger partial charge in [-0.1, -0.05) is 32.0 Å². The van der Waals surface area contributed by atoms with Gasteiger partial charge in [0.15, 0.2) is 5.11 Å². The molecule has 0 aliphatic carbocycles. The summed E-state index contributed by atoms with van der Waals surface area (Å²) in [5.41, 5.74) is 4.67. The highest BCUT2D eigenvalue weighted by atomic mass is 32.1. The number of pyridine rings is 1. The molecule has 28 heavy (non-hydrogen) atoms. The van der Waals surface area contributed by atoms with Crippen LogP contribution in [0.5, 0.6) is 0 Å². The van der Waals surface area contributed by atoms with Gasteiger partial charge >= 0.3 is 0 Å². The summed E-state index contributed by atoms with van der Waals surface area (Å²) in [6.45, 7) is 7.51. The topological polar surface area (TPSA) is 33.1 Å². The van der Waals surface area contributed by atoms with Crippen LogP contribution in [0.3, 0.4) is 0 Å². The van der Waals surface area contributed by atoms with Crippen molar-refractivity contribution in [1.82, 2.24) is 14.9 Å². The number of nitrogens with zero attached hydrogens (tertiary/aromatic N) is 3. The van der Waals surface area contributed by atoms with Crippen LogP contribution < -0.4 is 10.2 Å². The number of hydrogen-bond donors (Lipinski definition) is 1. The van der Waals surface area contributed by atoms with Crippen molar-refractivity contribution in [3.63, 3.8) is 0 Å². The van der Waals surface area contributed by atoms with Gasteiger partial charge in [0.25, 0.3) is 0 Å². The molecule has 0 bridgehead atoms. The Balaban J connectivity index is 1.80. The Labute approximate surface area is 172 Å². The fourth-order valence-corrected chi connectivity index (χ4v) is 4.28. The summed E-state index contributed by atoms with van der Waals surface area (Å²) in [4.78, 5) is 6.85. The third kappa shape index (κ3) is 3.31. The number of rotatable bonds is 5. The third-order valence-corrected chi connectivity index (χ3v) is 5.76. The van der Waals surface area contributed by atoms with Gasteiger partial charge in [0.1, 0.15) is 6.04 Å². The molecule has 3 heterocycles. The van der Waals surface area contributed by atoms with Crippen LogP contribution in [0, 0.1) is 0 Å². The lowest BCUT2D eigenvalue weighted by molar-refractivity contribution is 0.529. The van der Waals surface area contributed by atoms with E-state index in [1.54, 1.807) is 0 Å². The Morgan fingerprint density at radius 1 is 1.07 bits per heavy atom. The first-order chi connectivity index (χ1) is 13.6. The van der Waals surface area contributed by atoms with E-state index in [4.69, 9.17) is 12.2 Å². The molecule has 4 nitrogen and oxygen atoms in total. The SMILES string of the molecule is CCn1cccc1C1C(c2ccccn2)NC(=S)N1c1ccc(C(C)C)cc1. The van der Waals surface area contributed by atoms with Gasteiger partial charge in [0.2, 0.25) is 0 Å². The van der Waals surface area contributed by atoms with E-state index in [1.807, 2.05) is 18.3 Å². The highest BCUT2D eigenvalue weighted by molar-refractivity contribution is 7.80. The first kappa shape index (κ1) is 18.7. The van der Waals surface area contributed by atoms with Gasteiger partial charge in [-0.25, -0.2) is 0 Å². The molecule has 1 aromatic carbocycles. The van der Waals surface area contributed by atoms with Crippen LogP contribution in [0.25, 0.3) is 0 Å². The molecule has 2 atom stereocenters. The zero-order valence-corrected chi connectivity index (χ0v) is 17.4. The second kappa shape index (κ2) is 7.76. The maximum absolute atomic E-state index is 5.79. The summed E-state index contributed by atoms with van der Waals surface area (Å²) < 4.78 is 2.28. The molecule has 144 valence electrons. The molecule has 0 spiro atoms. The number of thiocarbonyl (C=S) groups is 1. The van der Waals surface area contributed by atoms with E-state index in [-0.39, 0.29) is 12.1 Å². The van der Waals surface area contributed by atoms with Crippen molar-refractivity contribution >= 4 is 23.0 Å².